The molecule has 0 bridgehead atoms. The highest BCUT2D eigenvalue weighted by Crippen LogP contribution is 2.34. The van der Waals surface area contributed by atoms with Crippen LogP contribution in [-0.4, -0.2) is 54.8 Å². The van der Waals surface area contributed by atoms with E-state index >= 15 is 0 Å². The second-order valence-electron chi connectivity index (χ2n) is 7.77. The molecule has 1 saturated heterocycles. The van der Waals surface area contributed by atoms with Crippen molar-refractivity contribution in [2.75, 3.05) is 33.3 Å². The van der Waals surface area contributed by atoms with Gasteiger partial charge < -0.3 is 19.8 Å². The number of aryl methyl sites for hydroxylation is 2. The van der Waals surface area contributed by atoms with Gasteiger partial charge in [-0.2, -0.15) is 0 Å². The Morgan fingerprint density at radius 1 is 1.31 bits per heavy atom. The topological polar surface area (TPSA) is 79.6 Å². The van der Waals surface area contributed by atoms with Crippen molar-refractivity contribution in [2.24, 2.45) is 5.92 Å². The van der Waals surface area contributed by atoms with E-state index in [4.69, 9.17) is 9.15 Å². The number of rotatable bonds is 7. The Bertz CT molecular complexity index is 579. The first-order valence-electron chi connectivity index (χ1n) is 9.72. The molecule has 0 radical (unpaired) electrons. The lowest BCUT2D eigenvalue weighted by Gasteiger charge is -2.40. The van der Waals surface area contributed by atoms with Gasteiger partial charge in [-0.15, -0.1) is 0 Å². The minimum absolute atomic E-state index is 0.0820. The van der Waals surface area contributed by atoms with Gasteiger partial charge in [-0.3, -0.25) is 4.90 Å². The van der Waals surface area contributed by atoms with E-state index < -0.39 is 0 Å². The number of hydrogen-bond acceptors (Lipinski definition) is 5. The molecule has 1 aromatic heterocycles. The first kappa shape index (κ1) is 19.2. The molecule has 1 aromatic rings. The third-order valence-corrected chi connectivity index (χ3v) is 5.96. The third kappa shape index (κ3) is 4.76. The third-order valence-electron chi connectivity index (χ3n) is 5.96. The van der Waals surface area contributed by atoms with Crippen LogP contribution < -0.4 is 10.6 Å². The molecule has 2 amide bonds. The van der Waals surface area contributed by atoms with Gasteiger partial charge in [0.25, 0.3) is 0 Å². The van der Waals surface area contributed by atoms with Crippen LogP contribution in [0.1, 0.15) is 49.4 Å². The fourth-order valence-corrected chi connectivity index (χ4v) is 3.71. The molecule has 7 nitrogen and oxygen atoms in total. The van der Waals surface area contributed by atoms with Gasteiger partial charge in [-0.25, -0.2) is 9.78 Å². The number of hydrogen-bond donors (Lipinski definition) is 2. The maximum absolute atomic E-state index is 12.0. The van der Waals surface area contributed by atoms with Crippen molar-refractivity contribution in [1.29, 1.82) is 0 Å². The van der Waals surface area contributed by atoms with E-state index in [2.05, 4.69) is 20.5 Å². The summed E-state index contributed by atoms with van der Waals surface area (Å²) < 4.78 is 11.2. The Morgan fingerprint density at radius 3 is 2.58 bits per heavy atom. The van der Waals surface area contributed by atoms with E-state index in [1.54, 1.807) is 7.11 Å². The zero-order valence-electron chi connectivity index (χ0n) is 16.3. The van der Waals surface area contributed by atoms with Crippen LogP contribution in [0.15, 0.2) is 4.42 Å². The molecular formula is C19H32N4O3. The Kier molecular flexibility index (Phi) is 6.19. The second kappa shape index (κ2) is 8.39. The van der Waals surface area contributed by atoms with Crippen molar-refractivity contribution < 1.29 is 13.9 Å². The summed E-state index contributed by atoms with van der Waals surface area (Å²) in [6.45, 7) is 8.06. The molecule has 1 aliphatic carbocycles. The molecule has 0 unspecified atom stereocenters. The van der Waals surface area contributed by atoms with Gasteiger partial charge in [-0.05, 0) is 65.0 Å². The number of urea groups is 1. The molecule has 3 rings (SSSR count). The molecule has 146 valence electrons. The maximum atomic E-state index is 12.0. The highest BCUT2D eigenvalue weighted by atomic mass is 16.5. The molecule has 2 fully saturated rings. The minimum Gasteiger partial charge on any atom is -0.444 e. The van der Waals surface area contributed by atoms with E-state index in [0.29, 0.717) is 12.5 Å². The monoisotopic (exact) mass is 364 g/mol. The predicted octanol–water partition coefficient (Wildman–Crippen LogP) is 2.37. The number of aromatic nitrogens is 1. The van der Waals surface area contributed by atoms with Crippen molar-refractivity contribution in [3.05, 3.63) is 17.3 Å². The highest BCUT2D eigenvalue weighted by Gasteiger charge is 2.37. The summed E-state index contributed by atoms with van der Waals surface area (Å²) in [5.41, 5.74) is 0.849. The second-order valence-corrected chi connectivity index (χ2v) is 7.77. The van der Waals surface area contributed by atoms with Crippen molar-refractivity contribution in [1.82, 2.24) is 20.5 Å². The molecule has 2 aliphatic rings. The molecule has 0 atom stereocenters. The number of methoxy groups -OCH3 is 1. The molecule has 0 aromatic carbocycles. The number of piperidine rings is 1. The van der Waals surface area contributed by atoms with E-state index in [-0.39, 0.29) is 11.6 Å². The van der Waals surface area contributed by atoms with Gasteiger partial charge in [0.05, 0.1) is 17.8 Å². The van der Waals surface area contributed by atoms with Crippen LogP contribution in [0.3, 0.4) is 0 Å². The average molecular weight is 364 g/mol. The summed E-state index contributed by atoms with van der Waals surface area (Å²) >= 11 is 0. The number of carbonyl (C=O) groups is 1. The lowest BCUT2D eigenvalue weighted by Crippen LogP contribution is -2.52. The van der Waals surface area contributed by atoms with Crippen LogP contribution in [-0.2, 0) is 11.3 Å². The van der Waals surface area contributed by atoms with Crippen LogP contribution in [0.4, 0.5) is 4.79 Å². The van der Waals surface area contributed by atoms with Gasteiger partial charge in [0, 0.05) is 20.2 Å². The summed E-state index contributed by atoms with van der Waals surface area (Å²) in [6, 6.07) is -0.0820. The molecule has 1 aliphatic heterocycles. The molecule has 2 heterocycles. The summed E-state index contributed by atoms with van der Waals surface area (Å²) in [4.78, 5) is 18.9. The number of oxazole rings is 1. The zero-order valence-corrected chi connectivity index (χ0v) is 16.3. The average Bonchev–Trinajstić information content (AvgIpc) is 2.91. The molecule has 2 N–H and O–H groups in total. The minimum atomic E-state index is -0.126. The van der Waals surface area contributed by atoms with Gasteiger partial charge in [0.1, 0.15) is 5.76 Å². The van der Waals surface area contributed by atoms with Gasteiger partial charge >= 0.3 is 6.03 Å². The van der Waals surface area contributed by atoms with Gasteiger partial charge in [0.2, 0.25) is 5.89 Å². The Balaban J connectivity index is 1.31. The largest absolute Gasteiger partial charge is 0.444 e. The summed E-state index contributed by atoms with van der Waals surface area (Å²) in [7, 11) is 1.73. The van der Waals surface area contributed by atoms with Crippen molar-refractivity contribution in [2.45, 2.75) is 58.1 Å². The number of amides is 2. The van der Waals surface area contributed by atoms with Gasteiger partial charge in [0.15, 0.2) is 0 Å². The van der Waals surface area contributed by atoms with Crippen LogP contribution in [0, 0.1) is 19.8 Å². The number of nitrogens with one attached hydrogen (secondary N) is 2. The van der Waals surface area contributed by atoms with Crippen LogP contribution in [0.25, 0.3) is 0 Å². The lowest BCUT2D eigenvalue weighted by molar-refractivity contribution is -0.0674. The highest BCUT2D eigenvalue weighted by molar-refractivity contribution is 5.73. The number of ether oxygens (including phenoxy) is 1. The standard InChI is InChI=1S/C19H32N4O3/c1-14-15(2)26-17(22-14)12-23-9-5-16(6-10-23)11-20-18(24)21-13-19(25-3)7-4-8-19/h16H,4-13H2,1-3H3,(H2,20,21,24). The fraction of sp³-hybridized carbons (Fsp3) is 0.789. The molecule has 26 heavy (non-hydrogen) atoms. The first-order valence-corrected chi connectivity index (χ1v) is 9.72. The predicted molar refractivity (Wildman–Crippen MR) is 99.0 cm³/mol. The maximum Gasteiger partial charge on any atom is 0.314 e. The van der Waals surface area contributed by atoms with Crippen LogP contribution >= 0.6 is 0 Å². The van der Waals surface area contributed by atoms with E-state index in [0.717, 1.165) is 69.2 Å². The summed E-state index contributed by atoms with van der Waals surface area (Å²) in [5.74, 6) is 2.24. The molecule has 0 spiro atoms. The molecule has 1 saturated carbocycles. The Hall–Kier alpha value is -1.60. The van der Waals surface area contributed by atoms with Crippen molar-refractivity contribution in [3.63, 3.8) is 0 Å². The van der Waals surface area contributed by atoms with Crippen LogP contribution in [0.2, 0.25) is 0 Å². The first-order chi connectivity index (χ1) is 12.5. The van der Waals surface area contributed by atoms with E-state index in [1.807, 2.05) is 13.8 Å². The quantitative estimate of drug-likeness (QED) is 0.776. The fourth-order valence-electron chi connectivity index (χ4n) is 3.71. The van der Waals surface area contributed by atoms with E-state index in [1.165, 1.54) is 6.42 Å². The van der Waals surface area contributed by atoms with E-state index in [9.17, 15) is 4.79 Å². The number of likely N-dealkylation sites (tertiary alicyclic amines) is 1. The number of nitrogens with zero attached hydrogens (tertiary/aromatic N) is 2. The van der Waals surface area contributed by atoms with Crippen LogP contribution in [0.5, 0.6) is 0 Å². The summed E-state index contributed by atoms with van der Waals surface area (Å²) in [5, 5.41) is 5.98. The smallest absolute Gasteiger partial charge is 0.314 e. The molecule has 7 heteroatoms. The Labute approximate surface area is 155 Å². The zero-order chi connectivity index (χ0) is 18.6. The summed E-state index contributed by atoms with van der Waals surface area (Å²) in [6.07, 6.45) is 5.42. The SMILES string of the molecule is COC1(CNC(=O)NCC2CCN(Cc3nc(C)c(C)o3)CC2)CCC1. The normalized spacial score (nSPS) is 20.6. The van der Waals surface area contributed by atoms with Crippen molar-refractivity contribution >= 4 is 6.03 Å². The lowest BCUT2D eigenvalue weighted by atomic mass is 9.80. The Morgan fingerprint density at radius 2 is 2.04 bits per heavy atom. The molecular weight excluding hydrogens is 332 g/mol. The van der Waals surface area contributed by atoms with Gasteiger partial charge in [-0.1, -0.05) is 0 Å². The number of carbonyl (C=O) groups excluding carboxylic acids is 1. The van der Waals surface area contributed by atoms with Crippen molar-refractivity contribution in [3.8, 4) is 0 Å².